The van der Waals surface area contributed by atoms with Gasteiger partial charge in [-0.25, -0.2) is 9.37 Å². The van der Waals surface area contributed by atoms with E-state index >= 15 is 0 Å². The Kier molecular flexibility index (Phi) is 7.19. The zero-order valence-corrected chi connectivity index (χ0v) is 11.7. The maximum atomic E-state index is 11.3. The average Bonchev–Trinajstić information content (AvgIpc) is 2.16. The molecule has 17 heavy (non-hydrogen) atoms. The van der Waals surface area contributed by atoms with Gasteiger partial charge in [-0.15, -0.1) is 0 Å². The van der Waals surface area contributed by atoms with Crippen LogP contribution in [-0.2, 0) is 4.74 Å². The first-order chi connectivity index (χ1) is 7.47. The third-order valence-electron chi connectivity index (χ3n) is 2.39. The normalized spacial score (nSPS) is 15.8. The molecule has 1 saturated heterocycles. The molecule has 1 aliphatic rings. The van der Waals surface area contributed by atoms with Gasteiger partial charge >= 0.3 is 6.09 Å². The minimum Gasteiger partial charge on any atom is -1.00 e. The molecule has 0 saturated carbocycles. The van der Waals surface area contributed by atoms with Crippen LogP contribution in [0.5, 0.6) is 0 Å². The van der Waals surface area contributed by atoms with Crippen LogP contribution in [0, 0.1) is 0 Å². The van der Waals surface area contributed by atoms with E-state index in [9.17, 15) is 4.79 Å². The van der Waals surface area contributed by atoms with Crippen LogP contribution in [0.4, 0.5) is 4.79 Å². The fourth-order valence-corrected chi connectivity index (χ4v) is 1.67. The molecule has 4 nitrogen and oxygen atoms in total. The van der Waals surface area contributed by atoms with Crippen LogP contribution in [0.15, 0.2) is 0 Å². The zero-order chi connectivity index (χ0) is 12.0. The lowest BCUT2D eigenvalue weighted by Crippen LogP contribution is -3.00. The first kappa shape index (κ1) is 16.2. The summed E-state index contributed by atoms with van der Waals surface area (Å²) < 4.78 is 7.40. The number of hydrogen-bond acceptors (Lipinski definition) is 2. The molecule has 0 atom stereocenters. The number of halogens is 1. The van der Waals surface area contributed by atoms with E-state index < -0.39 is 5.60 Å². The topological polar surface area (TPSA) is 41.3 Å². The van der Waals surface area contributed by atoms with Gasteiger partial charge in [0.15, 0.2) is 6.21 Å². The largest absolute Gasteiger partial charge is 1.00 e. The van der Waals surface area contributed by atoms with Crippen LogP contribution in [0.25, 0.3) is 0 Å². The number of rotatable bonds is 2. The summed E-state index contributed by atoms with van der Waals surface area (Å²) in [5.41, 5.74) is -0.421. The molecule has 1 heterocycles. The highest BCUT2D eigenvalue weighted by Crippen LogP contribution is 2.06. The highest BCUT2D eigenvalue weighted by atomic mass is 35.5. The molecule has 100 valence electrons. The average molecular weight is 263 g/mol. The Morgan fingerprint density at radius 1 is 1.29 bits per heavy atom. The van der Waals surface area contributed by atoms with Gasteiger partial charge in [0, 0.05) is 12.8 Å². The second-order valence-electron chi connectivity index (χ2n) is 5.16. The van der Waals surface area contributed by atoms with E-state index in [-0.39, 0.29) is 18.5 Å². The number of hydrogen-bond donors (Lipinski definition) is 1. The van der Waals surface area contributed by atoms with E-state index in [2.05, 4.69) is 9.89 Å². The molecule has 5 heteroatoms. The minimum absolute atomic E-state index is 0. The lowest BCUT2D eigenvalue weighted by molar-refractivity contribution is -0.533. The lowest BCUT2D eigenvalue weighted by Gasteiger charge is -2.19. The third kappa shape index (κ3) is 8.02. The zero-order valence-electron chi connectivity index (χ0n) is 11.0. The number of nitrogens with zero attached hydrogens (tertiary/aromatic N) is 1. The van der Waals surface area contributed by atoms with Crippen molar-refractivity contribution in [2.75, 3.05) is 19.6 Å². The van der Waals surface area contributed by atoms with Gasteiger partial charge in [-0.05, 0) is 27.2 Å². The number of ether oxygens (including phenoxy) is 1. The van der Waals surface area contributed by atoms with Crippen molar-refractivity contribution in [3.63, 3.8) is 0 Å². The second-order valence-corrected chi connectivity index (χ2v) is 5.16. The van der Waals surface area contributed by atoms with Gasteiger partial charge in [-0.1, -0.05) is 0 Å². The van der Waals surface area contributed by atoms with E-state index in [0.29, 0.717) is 6.54 Å². The number of carbonyl (C=O) groups is 1. The Bertz CT molecular complexity index is 264. The van der Waals surface area contributed by atoms with Crippen LogP contribution in [0.3, 0.4) is 0 Å². The molecule has 0 unspecified atom stereocenters. The van der Waals surface area contributed by atoms with Gasteiger partial charge in [-0.3, -0.25) is 0 Å². The molecular formula is C12H23ClN2O2. The van der Waals surface area contributed by atoms with Crippen molar-refractivity contribution >= 4 is 12.3 Å². The van der Waals surface area contributed by atoms with Crippen molar-refractivity contribution in [1.29, 1.82) is 0 Å². The predicted molar refractivity (Wildman–Crippen MR) is 64.1 cm³/mol. The monoisotopic (exact) mass is 262 g/mol. The Hall–Kier alpha value is -0.770. The van der Waals surface area contributed by atoms with Gasteiger partial charge in [0.2, 0.25) is 0 Å². The molecule has 0 bridgehead atoms. The summed E-state index contributed by atoms with van der Waals surface area (Å²) in [4.78, 5) is 11.3. The summed E-state index contributed by atoms with van der Waals surface area (Å²) in [6, 6.07) is 0. The fraction of sp³-hybridized carbons (Fsp3) is 0.833. The molecule has 1 amide bonds. The quantitative estimate of drug-likeness (QED) is 0.634. The van der Waals surface area contributed by atoms with Crippen molar-refractivity contribution < 1.29 is 26.5 Å². The summed E-state index contributed by atoms with van der Waals surface area (Å²) >= 11 is 0. The Morgan fingerprint density at radius 2 is 1.88 bits per heavy atom. The van der Waals surface area contributed by atoms with Crippen molar-refractivity contribution in [1.82, 2.24) is 5.32 Å². The summed E-state index contributed by atoms with van der Waals surface area (Å²) in [5.74, 6) is 0. The number of amides is 1. The van der Waals surface area contributed by atoms with Crippen LogP contribution < -0.4 is 17.7 Å². The number of nitrogens with one attached hydrogen (secondary N) is 1. The predicted octanol–water partition coefficient (Wildman–Crippen LogP) is -1.22. The Balaban J connectivity index is 0.00000256. The van der Waals surface area contributed by atoms with Crippen molar-refractivity contribution in [3.05, 3.63) is 0 Å². The van der Waals surface area contributed by atoms with Gasteiger partial charge in [0.25, 0.3) is 0 Å². The molecule has 1 N–H and O–H groups in total. The van der Waals surface area contributed by atoms with Crippen LogP contribution >= 0.6 is 0 Å². The van der Waals surface area contributed by atoms with Gasteiger partial charge < -0.3 is 22.5 Å². The SMILES string of the molecule is CC(C)(C)OC(=O)NCC=[N+]1CCCCC1.[Cl-]. The summed E-state index contributed by atoms with van der Waals surface area (Å²) in [5, 5.41) is 2.73. The van der Waals surface area contributed by atoms with Crippen LogP contribution in [-0.4, -0.2) is 42.1 Å². The van der Waals surface area contributed by atoms with E-state index in [0.717, 1.165) is 13.1 Å². The molecule has 0 radical (unpaired) electrons. The van der Waals surface area contributed by atoms with E-state index in [1.807, 2.05) is 27.0 Å². The molecule has 0 aliphatic carbocycles. The van der Waals surface area contributed by atoms with Crippen molar-refractivity contribution in [2.24, 2.45) is 0 Å². The first-order valence-corrected chi connectivity index (χ1v) is 6.01. The smallest absolute Gasteiger partial charge is 0.408 e. The Morgan fingerprint density at radius 3 is 2.41 bits per heavy atom. The molecule has 1 rings (SSSR count). The standard InChI is InChI=1S/C12H22N2O2.ClH/c1-12(2,3)16-11(15)13-7-10-14-8-5-4-6-9-14;/h10H,4-9H2,1-3H3;1H. The summed E-state index contributed by atoms with van der Waals surface area (Å²) in [7, 11) is 0. The van der Waals surface area contributed by atoms with Gasteiger partial charge in [0.05, 0.1) is 6.54 Å². The van der Waals surface area contributed by atoms with Crippen LogP contribution in [0.2, 0.25) is 0 Å². The molecule has 1 aliphatic heterocycles. The fourth-order valence-electron chi connectivity index (χ4n) is 1.67. The second kappa shape index (κ2) is 7.54. The number of alkyl carbamates (subject to hydrolysis) is 1. The molecule has 0 aromatic heterocycles. The van der Waals surface area contributed by atoms with Gasteiger partial charge in [-0.2, -0.15) is 0 Å². The molecular weight excluding hydrogens is 240 g/mol. The van der Waals surface area contributed by atoms with Gasteiger partial charge in [0.1, 0.15) is 18.7 Å². The highest BCUT2D eigenvalue weighted by molar-refractivity contribution is 5.71. The van der Waals surface area contributed by atoms with E-state index in [1.165, 1.54) is 19.3 Å². The summed E-state index contributed by atoms with van der Waals surface area (Å²) in [6.45, 7) is 8.35. The van der Waals surface area contributed by atoms with Crippen molar-refractivity contribution in [2.45, 2.75) is 45.6 Å². The molecule has 1 fully saturated rings. The molecule has 0 spiro atoms. The maximum absolute atomic E-state index is 11.3. The lowest BCUT2D eigenvalue weighted by atomic mass is 10.2. The Labute approximate surface area is 110 Å². The molecule has 0 aromatic carbocycles. The van der Waals surface area contributed by atoms with E-state index in [1.54, 1.807) is 0 Å². The number of piperidine rings is 1. The minimum atomic E-state index is -0.421. The molecule has 0 aromatic rings. The highest BCUT2D eigenvalue weighted by Gasteiger charge is 2.16. The van der Waals surface area contributed by atoms with Crippen LogP contribution in [0.1, 0.15) is 40.0 Å². The summed E-state index contributed by atoms with van der Waals surface area (Å²) in [6.07, 6.45) is 5.53. The number of carbonyl (C=O) groups excluding carboxylic acids is 1. The van der Waals surface area contributed by atoms with Crippen molar-refractivity contribution in [3.8, 4) is 0 Å². The first-order valence-electron chi connectivity index (χ1n) is 6.01. The third-order valence-corrected chi connectivity index (χ3v) is 2.39. The maximum Gasteiger partial charge on any atom is 0.408 e. The van der Waals surface area contributed by atoms with E-state index in [4.69, 9.17) is 4.74 Å².